The number of anilines is 2. The smallest absolute Gasteiger partial charge is 0.0721 e. The van der Waals surface area contributed by atoms with E-state index in [1.807, 2.05) is 37.3 Å². The zero-order valence-corrected chi connectivity index (χ0v) is 14.7. The fourth-order valence-corrected chi connectivity index (χ4v) is 3.67. The van der Waals surface area contributed by atoms with E-state index in [1.54, 1.807) is 0 Å². The van der Waals surface area contributed by atoms with E-state index < -0.39 is 5.60 Å². The number of nitrogens with zero attached hydrogens (tertiary/aromatic N) is 1. The zero-order chi connectivity index (χ0) is 17.2. The Bertz CT molecular complexity index is 697. The minimum absolute atomic E-state index is 0.640. The normalized spacial score (nSPS) is 16.9. The van der Waals surface area contributed by atoms with Gasteiger partial charge in [-0.25, -0.2) is 0 Å². The first-order valence-corrected chi connectivity index (χ1v) is 8.66. The Morgan fingerprint density at radius 2 is 1.88 bits per heavy atom. The van der Waals surface area contributed by atoms with E-state index in [0.717, 1.165) is 42.9 Å². The topological polar surface area (TPSA) is 61.5 Å². The molecule has 0 atom stereocenters. The first-order valence-electron chi connectivity index (χ1n) is 8.29. The molecular weight excluding hydrogens is 322 g/mol. The summed E-state index contributed by atoms with van der Waals surface area (Å²) in [5.41, 5.74) is 6.24. The number of hydrazine groups is 1. The quantitative estimate of drug-likeness (QED) is 0.586. The van der Waals surface area contributed by atoms with Gasteiger partial charge in [-0.05, 0) is 43.0 Å². The fourth-order valence-electron chi connectivity index (χ4n) is 3.46. The van der Waals surface area contributed by atoms with Crippen LogP contribution in [-0.2, 0) is 6.42 Å². The molecule has 0 amide bonds. The number of rotatable bonds is 4. The summed E-state index contributed by atoms with van der Waals surface area (Å²) in [5, 5.41) is 11.6. The van der Waals surface area contributed by atoms with Crippen molar-refractivity contribution < 1.29 is 5.11 Å². The van der Waals surface area contributed by atoms with E-state index in [2.05, 4.69) is 22.5 Å². The molecule has 0 bridgehead atoms. The summed E-state index contributed by atoms with van der Waals surface area (Å²) in [6, 6.07) is 14.0. The molecule has 24 heavy (non-hydrogen) atoms. The van der Waals surface area contributed by atoms with Crippen molar-refractivity contribution in [3.05, 3.63) is 58.6 Å². The number of nitrogens with one attached hydrogen (secondary N) is 1. The summed E-state index contributed by atoms with van der Waals surface area (Å²) in [4.78, 5) is 2.28. The lowest BCUT2D eigenvalue weighted by atomic mass is 9.85. The van der Waals surface area contributed by atoms with Gasteiger partial charge in [-0.15, -0.1) is 0 Å². The Kier molecular flexibility index (Phi) is 4.99. The maximum Gasteiger partial charge on any atom is 0.0721 e. The van der Waals surface area contributed by atoms with Crippen molar-refractivity contribution in [2.24, 2.45) is 5.84 Å². The highest BCUT2D eigenvalue weighted by atomic mass is 35.5. The van der Waals surface area contributed by atoms with E-state index in [4.69, 9.17) is 17.4 Å². The number of hydrogen-bond donors (Lipinski definition) is 3. The van der Waals surface area contributed by atoms with Crippen LogP contribution < -0.4 is 16.2 Å². The molecule has 0 unspecified atom stereocenters. The van der Waals surface area contributed by atoms with Gasteiger partial charge in [0, 0.05) is 30.2 Å². The predicted octanol–water partition coefficient (Wildman–Crippen LogP) is 3.51. The van der Waals surface area contributed by atoms with Crippen LogP contribution in [0.15, 0.2) is 42.5 Å². The molecule has 1 aliphatic rings. The molecule has 4 nitrogen and oxygen atoms in total. The lowest BCUT2D eigenvalue weighted by molar-refractivity contribution is 0.0165. The summed E-state index contributed by atoms with van der Waals surface area (Å²) >= 11 is 6.21. The highest BCUT2D eigenvalue weighted by Crippen LogP contribution is 2.35. The molecule has 0 radical (unpaired) electrons. The number of nitrogen functional groups attached to an aromatic ring is 1. The Hall–Kier alpha value is -1.75. The third-order valence-electron chi connectivity index (χ3n) is 4.91. The molecule has 0 aromatic heterocycles. The van der Waals surface area contributed by atoms with Gasteiger partial charge in [0.05, 0.1) is 11.3 Å². The van der Waals surface area contributed by atoms with Crippen molar-refractivity contribution in [2.45, 2.75) is 31.8 Å². The Morgan fingerprint density at radius 1 is 1.21 bits per heavy atom. The maximum absolute atomic E-state index is 10.9. The van der Waals surface area contributed by atoms with Crippen molar-refractivity contribution in [3.63, 3.8) is 0 Å². The van der Waals surface area contributed by atoms with Gasteiger partial charge >= 0.3 is 0 Å². The van der Waals surface area contributed by atoms with Crippen LogP contribution in [0.1, 0.15) is 24.0 Å². The van der Waals surface area contributed by atoms with Gasteiger partial charge in [0.1, 0.15) is 0 Å². The van der Waals surface area contributed by atoms with Gasteiger partial charge in [0.25, 0.3) is 0 Å². The number of hydrogen-bond acceptors (Lipinski definition) is 4. The molecule has 1 aliphatic heterocycles. The van der Waals surface area contributed by atoms with Crippen LogP contribution in [0.25, 0.3) is 0 Å². The average Bonchev–Trinajstić information content (AvgIpc) is 2.58. The van der Waals surface area contributed by atoms with E-state index in [1.165, 1.54) is 5.56 Å². The molecule has 0 aliphatic carbocycles. The van der Waals surface area contributed by atoms with Gasteiger partial charge < -0.3 is 15.4 Å². The fraction of sp³-hybridized carbons (Fsp3) is 0.368. The van der Waals surface area contributed by atoms with Crippen LogP contribution in [0.4, 0.5) is 11.4 Å². The Balaban J connectivity index is 1.72. The molecule has 128 valence electrons. The van der Waals surface area contributed by atoms with Crippen molar-refractivity contribution in [1.29, 1.82) is 0 Å². The van der Waals surface area contributed by atoms with Crippen LogP contribution in [0.5, 0.6) is 0 Å². The second-order valence-electron chi connectivity index (χ2n) is 6.62. The second-order valence-corrected chi connectivity index (χ2v) is 7.05. The molecule has 0 saturated carbocycles. The van der Waals surface area contributed by atoms with Crippen molar-refractivity contribution >= 4 is 23.0 Å². The lowest BCUT2D eigenvalue weighted by Crippen LogP contribution is -2.46. The van der Waals surface area contributed by atoms with Crippen molar-refractivity contribution in [2.75, 3.05) is 23.4 Å². The van der Waals surface area contributed by atoms with Gasteiger partial charge in [-0.1, -0.05) is 41.9 Å². The third-order valence-corrected chi connectivity index (χ3v) is 5.13. The summed E-state index contributed by atoms with van der Waals surface area (Å²) in [6.07, 6.45) is 2.17. The van der Waals surface area contributed by atoms with Crippen LogP contribution in [-0.4, -0.2) is 23.8 Å². The van der Waals surface area contributed by atoms with Crippen LogP contribution in [0, 0.1) is 6.92 Å². The van der Waals surface area contributed by atoms with Crippen molar-refractivity contribution in [3.8, 4) is 0 Å². The van der Waals surface area contributed by atoms with Gasteiger partial charge in [0.15, 0.2) is 0 Å². The first kappa shape index (κ1) is 17.1. The molecule has 1 saturated heterocycles. The predicted molar refractivity (Wildman–Crippen MR) is 101 cm³/mol. The highest BCUT2D eigenvalue weighted by molar-refractivity contribution is 6.31. The SMILES string of the molecule is Cc1c(NN)cc(Cl)cc1N1CCC(O)(Cc2ccccc2)CC1. The summed E-state index contributed by atoms with van der Waals surface area (Å²) in [7, 11) is 0. The average molecular weight is 346 g/mol. The molecule has 4 N–H and O–H groups in total. The minimum Gasteiger partial charge on any atom is -0.389 e. The summed E-state index contributed by atoms with van der Waals surface area (Å²) in [6.45, 7) is 3.63. The van der Waals surface area contributed by atoms with E-state index in [-0.39, 0.29) is 0 Å². The molecule has 3 rings (SSSR count). The molecule has 1 heterocycles. The monoisotopic (exact) mass is 345 g/mol. The van der Waals surface area contributed by atoms with E-state index in [0.29, 0.717) is 11.4 Å². The second kappa shape index (κ2) is 7.01. The summed E-state index contributed by atoms with van der Waals surface area (Å²) in [5.74, 6) is 5.58. The van der Waals surface area contributed by atoms with Crippen LogP contribution >= 0.6 is 11.6 Å². The number of piperidine rings is 1. The maximum atomic E-state index is 10.9. The van der Waals surface area contributed by atoms with Gasteiger partial charge in [-0.2, -0.15) is 0 Å². The zero-order valence-electron chi connectivity index (χ0n) is 13.9. The van der Waals surface area contributed by atoms with E-state index in [9.17, 15) is 5.11 Å². The van der Waals surface area contributed by atoms with Gasteiger partial charge in [0.2, 0.25) is 0 Å². The Labute approximate surface area is 148 Å². The van der Waals surface area contributed by atoms with Crippen LogP contribution in [0.2, 0.25) is 5.02 Å². The number of halogens is 1. The third kappa shape index (κ3) is 3.66. The molecule has 5 heteroatoms. The Morgan fingerprint density at radius 3 is 2.50 bits per heavy atom. The summed E-state index contributed by atoms with van der Waals surface area (Å²) < 4.78 is 0. The van der Waals surface area contributed by atoms with Gasteiger partial charge in [-0.3, -0.25) is 5.84 Å². The molecule has 2 aromatic carbocycles. The molecule has 2 aromatic rings. The molecular formula is C19H24ClN3O. The minimum atomic E-state index is -0.640. The van der Waals surface area contributed by atoms with E-state index >= 15 is 0 Å². The highest BCUT2D eigenvalue weighted by Gasteiger charge is 2.33. The number of aliphatic hydroxyl groups is 1. The molecule has 1 fully saturated rings. The molecule has 0 spiro atoms. The lowest BCUT2D eigenvalue weighted by Gasteiger charge is -2.40. The number of nitrogens with two attached hydrogens (primary N) is 1. The van der Waals surface area contributed by atoms with Crippen molar-refractivity contribution in [1.82, 2.24) is 0 Å². The van der Waals surface area contributed by atoms with Crippen LogP contribution in [0.3, 0.4) is 0 Å². The standard InChI is InChI=1S/C19H24ClN3O/c1-14-17(22-21)11-16(20)12-18(14)23-9-7-19(24,8-10-23)13-15-5-3-2-4-6-15/h2-6,11-12,22,24H,7-10,13,21H2,1H3. The number of benzene rings is 2. The largest absolute Gasteiger partial charge is 0.389 e. The first-order chi connectivity index (χ1) is 11.5.